The Morgan fingerprint density at radius 3 is 2.06 bits per heavy atom. The van der Waals surface area contributed by atoms with E-state index in [1.165, 1.54) is 12.2 Å². The van der Waals surface area contributed by atoms with Crippen molar-refractivity contribution in [2.75, 3.05) is 33.7 Å². The minimum absolute atomic E-state index is 0.332. The number of hydrogen-bond acceptors (Lipinski definition) is 4. The number of amides is 2. The van der Waals surface area contributed by atoms with Gasteiger partial charge in [0.15, 0.2) is 5.79 Å². The number of carbonyl (C=O) groups excluding carboxylic acids is 2. The summed E-state index contributed by atoms with van der Waals surface area (Å²) in [5.74, 6) is -1.59. The molecule has 1 saturated heterocycles. The van der Waals surface area contributed by atoms with Crippen molar-refractivity contribution < 1.29 is 9.59 Å². The first-order valence-electron chi connectivity index (χ1n) is 5.72. The van der Waals surface area contributed by atoms with Gasteiger partial charge in [0.2, 0.25) is 11.8 Å². The predicted octanol–water partition coefficient (Wildman–Crippen LogP) is -0.878. The van der Waals surface area contributed by atoms with Gasteiger partial charge >= 0.3 is 0 Å². The maximum atomic E-state index is 11.6. The van der Waals surface area contributed by atoms with E-state index < -0.39 is 5.79 Å². The lowest BCUT2D eigenvalue weighted by atomic mass is 10.2. The third kappa shape index (κ3) is 3.18. The monoisotopic (exact) mass is 252 g/mol. The molecule has 0 unspecified atom stereocenters. The van der Waals surface area contributed by atoms with Crippen LogP contribution < -0.4 is 10.6 Å². The van der Waals surface area contributed by atoms with Crippen LogP contribution in [0.2, 0.25) is 0 Å². The van der Waals surface area contributed by atoms with E-state index in [1.54, 1.807) is 0 Å². The van der Waals surface area contributed by atoms with Crippen LogP contribution in [-0.2, 0) is 9.59 Å². The zero-order valence-corrected chi connectivity index (χ0v) is 10.9. The van der Waals surface area contributed by atoms with E-state index in [9.17, 15) is 9.59 Å². The van der Waals surface area contributed by atoms with Gasteiger partial charge in [0.05, 0.1) is 6.54 Å². The van der Waals surface area contributed by atoms with E-state index in [0.29, 0.717) is 6.54 Å². The first-order valence-corrected chi connectivity index (χ1v) is 5.72. The third-order valence-corrected chi connectivity index (χ3v) is 3.00. The van der Waals surface area contributed by atoms with Crippen LogP contribution >= 0.6 is 0 Å². The first-order chi connectivity index (χ1) is 8.43. The lowest BCUT2D eigenvalue weighted by Gasteiger charge is -2.48. The summed E-state index contributed by atoms with van der Waals surface area (Å²) in [6.07, 6.45) is 2.37. The highest BCUT2D eigenvalue weighted by atomic mass is 16.2. The summed E-state index contributed by atoms with van der Waals surface area (Å²) in [6, 6.07) is 0. The zero-order chi connectivity index (χ0) is 13.8. The van der Waals surface area contributed by atoms with E-state index in [1.807, 2.05) is 23.9 Å². The molecule has 0 aromatic rings. The van der Waals surface area contributed by atoms with E-state index in [-0.39, 0.29) is 11.8 Å². The maximum absolute atomic E-state index is 11.6. The van der Waals surface area contributed by atoms with Crippen molar-refractivity contribution in [1.82, 2.24) is 20.4 Å². The van der Waals surface area contributed by atoms with E-state index in [0.717, 1.165) is 13.1 Å². The topological polar surface area (TPSA) is 64.7 Å². The highest BCUT2D eigenvalue weighted by Gasteiger charge is 2.40. The molecule has 2 amide bonds. The van der Waals surface area contributed by atoms with Gasteiger partial charge in [-0.05, 0) is 26.2 Å². The Labute approximate surface area is 107 Å². The molecule has 18 heavy (non-hydrogen) atoms. The molecule has 0 aromatic heterocycles. The van der Waals surface area contributed by atoms with Gasteiger partial charge in [0.1, 0.15) is 0 Å². The molecule has 1 aliphatic rings. The molecule has 6 nitrogen and oxygen atoms in total. The Morgan fingerprint density at radius 1 is 1.11 bits per heavy atom. The molecule has 1 aliphatic heterocycles. The van der Waals surface area contributed by atoms with Crippen LogP contribution in [0.1, 0.15) is 0 Å². The molecule has 1 heterocycles. The van der Waals surface area contributed by atoms with E-state index >= 15 is 0 Å². The molecule has 1 fully saturated rings. The largest absolute Gasteiger partial charge is 0.316 e. The summed E-state index contributed by atoms with van der Waals surface area (Å²) in [5, 5.41) is 5.55. The van der Waals surface area contributed by atoms with Crippen molar-refractivity contribution in [1.29, 1.82) is 0 Å². The number of likely N-dealkylation sites (N-methyl/N-ethyl adjacent to an activating group) is 2. The Balaban J connectivity index is 2.97. The highest BCUT2D eigenvalue weighted by Crippen LogP contribution is 2.14. The molecule has 0 spiro atoms. The highest BCUT2D eigenvalue weighted by molar-refractivity contribution is 5.90. The standard InChI is InChI=1S/C12H20N4O2/c1-5-10(17)13-12(14-11(18)6-2)9-15(3)7-8-16(12)4/h5-6H,1-2,7-9H2,3-4H3,(H,13,17)(H,14,18). The van der Waals surface area contributed by atoms with Gasteiger partial charge in [-0.15, -0.1) is 0 Å². The molecular weight excluding hydrogens is 232 g/mol. The number of nitrogens with one attached hydrogen (secondary N) is 2. The summed E-state index contributed by atoms with van der Waals surface area (Å²) in [5.41, 5.74) is 0. The second kappa shape index (κ2) is 5.79. The van der Waals surface area contributed by atoms with Gasteiger partial charge in [-0.2, -0.15) is 0 Å². The van der Waals surface area contributed by atoms with Crippen LogP contribution in [0.4, 0.5) is 0 Å². The minimum atomic E-state index is -0.927. The Kier molecular flexibility index (Phi) is 4.63. The van der Waals surface area contributed by atoms with Crippen molar-refractivity contribution >= 4 is 11.8 Å². The van der Waals surface area contributed by atoms with Gasteiger partial charge in [0, 0.05) is 13.1 Å². The average molecular weight is 252 g/mol. The normalized spacial score (nSPS) is 19.9. The molecule has 0 saturated carbocycles. The molecule has 0 bridgehead atoms. The smallest absolute Gasteiger partial charge is 0.246 e. The minimum Gasteiger partial charge on any atom is -0.316 e. The van der Waals surface area contributed by atoms with Gasteiger partial charge in [0.25, 0.3) is 0 Å². The number of nitrogens with zero attached hydrogens (tertiary/aromatic N) is 2. The summed E-state index contributed by atoms with van der Waals surface area (Å²) in [7, 11) is 3.78. The van der Waals surface area contributed by atoms with Crippen molar-refractivity contribution in [2.45, 2.75) is 5.79 Å². The molecular formula is C12H20N4O2. The second-order valence-electron chi connectivity index (χ2n) is 4.41. The van der Waals surface area contributed by atoms with E-state index in [2.05, 4.69) is 23.8 Å². The molecule has 0 atom stereocenters. The molecule has 0 aliphatic carbocycles. The predicted molar refractivity (Wildman–Crippen MR) is 69.5 cm³/mol. The fraction of sp³-hybridized carbons (Fsp3) is 0.500. The maximum Gasteiger partial charge on any atom is 0.246 e. The summed E-state index contributed by atoms with van der Waals surface area (Å²) >= 11 is 0. The van der Waals surface area contributed by atoms with Crippen molar-refractivity contribution in [2.24, 2.45) is 0 Å². The van der Waals surface area contributed by atoms with Crippen LogP contribution in [-0.4, -0.2) is 61.1 Å². The Bertz CT molecular complexity index is 345. The van der Waals surface area contributed by atoms with Crippen LogP contribution in [0, 0.1) is 0 Å². The second-order valence-corrected chi connectivity index (χ2v) is 4.41. The Morgan fingerprint density at radius 2 is 1.61 bits per heavy atom. The number of carbonyl (C=O) groups is 2. The molecule has 0 aromatic carbocycles. The van der Waals surface area contributed by atoms with Gasteiger partial charge in [-0.1, -0.05) is 13.2 Å². The fourth-order valence-electron chi connectivity index (χ4n) is 1.91. The fourth-order valence-corrected chi connectivity index (χ4v) is 1.91. The third-order valence-electron chi connectivity index (χ3n) is 3.00. The van der Waals surface area contributed by atoms with Crippen molar-refractivity contribution in [3.8, 4) is 0 Å². The molecule has 2 N–H and O–H groups in total. The van der Waals surface area contributed by atoms with E-state index in [4.69, 9.17) is 0 Å². The quantitative estimate of drug-likeness (QED) is 0.504. The number of hydrogen-bond donors (Lipinski definition) is 2. The van der Waals surface area contributed by atoms with Gasteiger partial charge in [-0.25, -0.2) is 0 Å². The molecule has 1 rings (SSSR count). The number of rotatable bonds is 4. The SMILES string of the molecule is C=CC(=O)NC1(NC(=O)C=C)CN(C)CCN1C. The lowest BCUT2D eigenvalue weighted by Crippen LogP contribution is -2.76. The van der Waals surface area contributed by atoms with Crippen LogP contribution in [0.3, 0.4) is 0 Å². The van der Waals surface area contributed by atoms with Crippen LogP contribution in [0.5, 0.6) is 0 Å². The molecule has 100 valence electrons. The molecule has 0 radical (unpaired) electrons. The number of piperazine rings is 1. The zero-order valence-electron chi connectivity index (χ0n) is 10.9. The van der Waals surface area contributed by atoms with Crippen LogP contribution in [0.25, 0.3) is 0 Å². The average Bonchev–Trinajstić information content (AvgIpc) is 2.33. The lowest BCUT2D eigenvalue weighted by molar-refractivity contribution is -0.131. The van der Waals surface area contributed by atoms with Gasteiger partial charge < -0.3 is 10.6 Å². The van der Waals surface area contributed by atoms with Gasteiger partial charge in [-0.3, -0.25) is 19.4 Å². The van der Waals surface area contributed by atoms with Crippen molar-refractivity contribution in [3.63, 3.8) is 0 Å². The Hall–Kier alpha value is -1.66. The van der Waals surface area contributed by atoms with Crippen molar-refractivity contribution in [3.05, 3.63) is 25.3 Å². The van der Waals surface area contributed by atoms with Crippen LogP contribution in [0.15, 0.2) is 25.3 Å². The summed E-state index contributed by atoms with van der Waals surface area (Å²) in [4.78, 5) is 27.0. The summed E-state index contributed by atoms with van der Waals surface area (Å²) < 4.78 is 0. The molecule has 6 heteroatoms. The summed E-state index contributed by atoms with van der Waals surface area (Å²) in [6.45, 7) is 8.93. The first kappa shape index (κ1) is 14.4.